The first-order chi connectivity index (χ1) is 8.72. The minimum atomic E-state index is 0.623. The Morgan fingerprint density at radius 3 is 2.83 bits per heavy atom. The zero-order valence-electron chi connectivity index (χ0n) is 9.85. The SMILES string of the molecule is CNc1cc(Sc2ncccc2Cl)nc(SC)n1. The lowest BCUT2D eigenvalue weighted by molar-refractivity contribution is 0.895. The van der Waals surface area contributed by atoms with E-state index in [1.165, 1.54) is 23.5 Å². The van der Waals surface area contributed by atoms with Gasteiger partial charge in [0.1, 0.15) is 15.9 Å². The van der Waals surface area contributed by atoms with E-state index in [4.69, 9.17) is 11.6 Å². The fourth-order valence-corrected chi connectivity index (χ4v) is 2.67. The van der Waals surface area contributed by atoms with Crippen LogP contribution in [-0.4, -0.2) is 28.3 Å². The number of halogens is 1. The third-order valence-corrected chi connectivity index (χ3v) is 3.95. The molecule has 7 heteroatoms. The number of aromatic nitrogens is 3. The van der Waals surface area contributed by atoms with Crippen LogP contribution in [0.5, 0.6) is 0 Å². The maximum absolute atomic E-state index is 6.07. The predicted octanol–water partition coefficient (Wildman–Crippen LogP) is 3.44. The zero-order valence-corrected chi connectivity index (χ0v) is 12.2. The largest absolute Gasteiger partial charge is 0.373 e. The number of rotatable bonds is 4. The van der Waals surface area contributed by atoms with Crippen LogP contribution in [0.3, 0.4) is 0 Å². The van der Waals surface area contributed by atoms with Crippen LogP contribution in [0.15, 0.2) is 39.6 Å². The Bertz CT molecular complexity index is 528. The lowest BCUT2D eigenvalue weighted by Gasteiger charge is -2.06. The van der Waals surface area contributed by atoms with Crippen molar-refractivity contribution in [1.82, 2.24) is 15.0 Å². The number of thioether (sulfide) groups is 1. The fraction of sp³-hybridized carbons (Fsp3) is 0.182. The molecule has 4 nitrogen and oxygen atoms in total. The number of nitrogens with one attached hydrogen (secondary N) is 1. The van der Waals surface area contributed by atoms with Gasteiger partial charge in [-0.2, -0.15) is 0 Å². The Morgan fingerprint density at radius 2 is 2.17 bits per heavy atom. The highest BCUT2D eigenvalue weighted by Crippen LogP contribution is 2.31. The molecule has 1 N–H and O–H groups in total. The second kappa shape index (κ2) is 6.26. The van der Waals surface area contributed by atoms with Crippen molar-refractivity contribution in [3.63, 3.8) is 0 Å². The maximum Gasteiger partial charge on any atom is 0.190 e. The van der Waals surface area contributed by atoms with E-state index in [0.717, 1.165) is 21.0 Å². The Kier molecular flexibility index (Phi) is 4.68. The Labute approximate surface area is 119 Å². The molecule has 0 spiro atoms. The van der Waals surface area contributed by atoms with E-state index in [-0.39, 0.29) is 0 Å². The van der Waals surface area contributed by atoms with Crippen LogP contribution in [0.25, 0.3) is 0 Å². The van der Waals surface area contributed by atoms with Gasteiger partial charge in [-0.25, -0.2) is 15.0 Å². The molecule has 0 saturated heterocycles. The van der Waals surface area contributed by atoms with E-state index in [1.807, 2.05) is 25.4 Å². The van der Waals surface area contributed by atoms with Gasteiger partial charge >= 0.3 is 0 Å². The highest BCUT2D eigenvalue weighted by atomic mass is 35.5. The van der Waals surface area contributed by atoms with Gasteiger partial charge < -0.3 is 5.32 Å². The Morgan fingerprint density at radius 1 is 1.33 bits per heavy atom. The molecule has 0 saturated carbocycles. The van der Waals surface area contributed by atoms with Crippen LogP contribution in [0.1, 0.15) is 0 Å². The van der Waals surface area contributed by atoms with Crippen LogP contribution in [0, 0.1) is 0 Å². The summed E-state index contributed by atoms with van der Waals surface area (Å²) in [6.07, 6.45) is 3.65. The van der Waals surface area contributed by atoms with Crippen molar-refractivity contribution in [2.45, 2.75) is 15.2 Å². The van der Waals surface area contributed by atoms with Gasteiger partial charge in [0.25, 0.3) is 0 Å². The summed E-state index contributed by atoms with van der Waals surface area (Å²) in [7, 11) is 1.83. The first-order valence-corrected chi connectivity index (χ1v) is 7.54. The molecular formula is C11H11ClN4S2. The molecule has 0 radical (unpaired) electrons. The lowest BCUT2D eigenvalue weighted by atomic mass is 10.5. The molecule has 2 heterocycles. The summed E-state index contributed by atoms with van der Waals surface area (Å²) in [5.41, 5.74) is 0. The van der Waals surface area contributed by atoms with Crippen molar-refractivity contribution in [3.05, 3.63) is 29.4 Å². The van der Waals surface area contributed by atoms with Gasteiger partial charge in [0.2, 0.25) is 0 Å². The van der Waals surface area contributed by atoms with Crippen LogP contribution >= 0.6 is 35.1 Å². The van der Waals surface area contributed by atoms with Crippen molar-refractivity contribution >= 4 is 40.9 Å². The fourth-order valence-electron chi connectivity index (χ4n) is 1.22. The van der Waals surface area contributed by atoms with E-state index in [2.05, 4.69) is 20.3 Å². The van der Waals surface area contributed by atoms with Gasteiger partial charge in [-0.05, 0) is 30.2 Å². The molecule has 0 aliphatic rings. The third kappa shape index (κ3) is 3.28. The molecule has 18 heavy (non-hydrogen) atoms. The first-order valence-electron chi connectivity index (χ1n) is 5.12. The molecule has 0 fully saturated rings. The summed E-state index contributed by atoms with van der Waals surface area (Å²) >= 11 is 9.00. The van der Waals surface area contributed by atoms with E-state index in [1.54, 1.807) is 12.3 Å². The van der Waals surface area contributed by atoms with Gasteiger partial charge in [0.05, 0.1) is 5.02 Å². The molecule has 94 valence electrons. The molecule has 0 aromatic carbocycles. The highest BCUT2D eigenvalue weighted by Gasteiger charge is 2.08. The average Bonchev–Trinajstić information content (AvgIpc) is 2.41. The second-order valence-corrected chi connectivity index (χ2v) is 5.41. The van der Waals surface area contributed by atoms with Crippen molar-refractivity contribution < 1.29 is 0 Å². The summed E-state index contributed by atoms with van der Waals surface area (Å²) in [4.78, 5) is 12.9. The molecule has 0 unspecified atom stereocenters. The monoisotopic (exact) mass is 298 g/mol. The average molecular weight is 299 g/mol. The number of pyridine rings is 1. The quantitative estimate of drug-likeness (QED) is 0.530. The van der Waals surface area contributed by atoms with Gasteiger partial charge in [-0.15, -0.1) is 0 Å². The molecule has 2 aromatic rings. The van der Waals surface area contributed by atoms with Crippen LogP contribution in [-0.2, 0) is 0 Å². The second-order valence-electron chi connectivity index (χ2n) is 3.22. The smallest absolute Gasteiger partial charge is 0.190 e. The van der Waals surface area contributed by atoms with Gasteiger partial charge in [0.15, 0.2) is 5.16 Å². The molecule has 0 aliphatic carbocycles. The molecule has 0 atom stereocenters. The predicted molar refractivity (Wildman–Crippen MR) is 76.7 cm³/mol. The number of anilines is 1. The van der Waals surface area contributed by atoms with E-state index in [0.29, 0.717) is 5.02 Å². The summed E-state index contributed by atoms with van der Waals surface area (Å²) in [6.45, 7) is 0. The van der Waals surface area contributed by atoms with Crippen LogP contribution < -0.4 is 5.32 Å². The first kappa shape index (κ1) is 13.5. The van der Waals surface area contributed by atoms with Crippen molar-refractivity contribution in [2.75, 3.05) is 18.6 Å². The van der Waals surface area contributed by atoms with Gasteiger partial charge in [-0.1, -0.05) is 23.4 Å². The van der Waals surface area contributed by atoms with E-state index < -0.39 is 0 Å². The van der Waals surface area contributed by atoms with Crippen molar-refractivity contribution in [1.29, 1.82) is 0 Å². The molecular weight excluding hydrogens is 288 g/mol. The molecule has 0 bridgehead atoms. The molecule has 0 aliphatic heterocycles. The van der Waals surface area contributed by atoms with Gasteiger partial charge in [0, 0.05) is 19.3 Å². The normalized spacial score (nSPS) is 10.4. The molecule has 2 aromatic heterocycles. The topological polar surface area (TPSA) is 50.7 Å². The molecule has 2 rings (SSSR count). The minimum absolute atomic E-state index is 0.623. The maximum atomic E-state index is 6.07. The van der Waals surface area contributed by atoms with E-state index in [9.17, 15) is 0 Å². The van der Waals surface area contributed by atoms with Crippen molar-refractivity contribution in [3.8, 4) is 0 Å². The summed E-state index contributed by atoms with van der Waals surface area (Å²) < 4.78 is 0. The van der Waals surface area contributed by atoms with Crippen molar-refractivity contribution in [2.24, 2.45) is 0 Å². The van der Waals surface area contributed by atoms with Crippen LogP contribution in [0.2, 0.25) is 5.02 Å². The summed E-state index contributed by atoms with van der Waals surface area (Å²) in [5.74, 6) is 0.781. The van der Waals surface area contributed by atoms with E-state index >= 15 is 0 Å². The number of nitrogens with zero attached hydrogens (tertiary/aromatic N) is 3. The van der Waals surface area contributed by atoms with Crippen LogP contribution in [0.4, 0.5) is 5.82 Å². The summed E-state index contributed by atoms with van der Waals surface area (Å²) in [6, 6.07) is 5.49. The van der Waals surface area contributed by atoms with Gasteiger partial charge in [-0.3, -0.25) is 0 Å². The highest BCUT2D eigenvalue weighted by molar-refractivity contribution is 7.99. The zero-order chi connectivity index (χ0) is 13.0. The Hall–Kier alpha value is -0.980. The Balaban J connectivity index is 2.31. The lowest BCUT2D eigenvalue weighted by Crippen LogP contribution is -1.97. The molecule has 0 amide bonds. The summed E-state index contributed by atoms with van der Waals surface area (Å²) in [5, 5.41) is 5.91. The number of hydrogen-bond donors (Lipinski definition) is 1. The standard InChI is InChI=1S/C11H11ClN4S2/c1-13-8-6-9(16-11(15-8)17-2)18-10-7(12)4-3-5-14-10/h3-6H,1-2H3,(H,13,15,16). The number of hydrogen-bond acceptors (Lipinski definition) is 6. The minimum Gasteiger partial charge on any atom is -0.373 e. The third-order valence-electron chi connectivity index (χ3n) is 2.05.